The lowest BCUT2D eigenvalue weighted by atomic mass is 10.2. The predicted molar refractivity (Wildman–Crippen MR) is 76.3 cm³/mol. The van der Waals surface area contributed by atoms with Gasteiger partial charge >= 0.3 is 0 Å². The summed E-state index contributed by atoms with van der Waals surface area (Å²) in [5.74, 6) is 2.34. The highest BCUT2D eigenvalue weighted by Gasteiger charge is 2.06. The van der Waals surface area contributed by atoms with Crippen LogP contribution in [0.3, 0.4) is 0 Å². The maximum atomic E-state index is 5.15. The third kappa shape index (κ3) is 2.38. The Labute approximate surface area is 116 Å². The summed E-state index contributed by atoms with van der Waals surface area (Å²) in [4.78, 5) is 16.0. The molecule has 2 aromatic heterocycles. The number of benzene rings is 1. The van der Waals surface area contributed by atoms with Crippen LogP contribution >= 0.6 is 0 Å². The SMILES string of the molecule is COc1ccc(-c2cnc(-c3cnc(C)nc3)[nH]2)cc1. The lowest BCUT2D eigenvalue weighted by molar-refractivity contribution is 0.415. The molecular formula is C15H14N4O. The van der Waals surface area contributed by atoms with Crippen molar-refractivity contribution in [3.63, 3.8) is 0 Å². The molecule has 0 spiro atoms. The van der Waals surface area contributed by atoms with Crippen molar-refractivity contribution in [1.82, 2.24) is 19.9 Å². The second-order valence-corrected chi connectivity index (χ2v) is 4.39. The number of aromatic nitrogens is 4. The number of rotatable bonds is 3. The maximum Gasteiger partial charge on any atom is 0.140 e. The predicted octanol–water partition coefficient (Wildman–Crippen LogP) is 2.85. The summed E-state index contributed by atoms with van der Waals surface area (Å²) in [5, 5.41) is 0. The summed E-state index contributed by atoms with van der Waals surface area (Å²) in [6.45, 7) is 1.86. The van der Waals surface area contributed by atoms with E-state index in [1.807, 2.05) is 31.2 Å². The molecular weight excluding hydrogens is 252 g/mol. The standard InChI is InChI=1S/C15H14N4O/c1-10-16-7-12(8-17-10)15-18-9-14(19-15)11-3-5-13(20-2)6-4-11/h3-9H,1-2H3,(H,18,19). The number of aromatic amines is 1. The van der Waals surface area contributed by atoms with Gasteiger partial charge in [-0.2, -0.15) is 0 Å². The molecule has 0 fully saturated rings. The van der Waals surface area contributed by atoms with Crippen LogP contribution in [0.25, 0.3) is 22.6 Å². The number of hydrogen-bond donors (Lipinski definition) is 1. The molecule has 1 aromatic carbocycles. The van der Waals surface area contributed by atoms with E-state index in [-0.39, 0.29) is 0 Å². The van der Waals surface area contributed by atoms with Gasteiger partial charge in [0.25, 0.3) is 0 Å². The van der Waals surface area contributed by atoms with Crippen molar-refractivity contribution < 1.29 is 4.74 Å². The summed E-state index contributed by atoms with van der Waals surface area (Å²) in [6.07, 6.45) is 5.33. The molecule has 0 bridgehead atoms. The number of nitrogens with zero attached hydrogens (tertiary/aromatic N) is 3. The molecule has 0 unspecified atom stereocenters. The third-order valence-corrected chi connectivity index (χ3v) is 3.03. The molecule has 0 aliphatic heterocycles. The van der Waals surface area contributed by atoms with E-state index in [1.165, 1.54) is 0 Å². The molecule has 0 atom stereocenters. The summed E-state index contributed by atoms with van der Waals surface area (Å²) < 4.78 is 5.15. The molecule has 2 heterocycles. The van der Waals surface area contributed by atoms with Gasteiger partial charge in [0.05, 0.1) is 24.6 Å². The molecule has 3 rings (SSSR count). The molecule has 0 radical (unpaired) electrons. The van der Waals surface area contributed by atoms with E-state index in [1.54, 1.807) is 25.7 Å². The van der Waals surface area contributed by atoms with E-state index >= 15 is 0 Å². The van der Waals surface area contributed by atoms with E-state index in [0.29, 0.717) is 0 Å². The lowest BCUT2D eigenvalue weighted by Crippen LogP contribution is -1.89. The number of methoxy groups -OCH3 is 1. The average Bonchev–Trinajstić information content (AvgIpc) is 2.98. The van der Waals surface area contributed by atoms with E-state index in [0.717, 1.165) is 34.2 Å². The first-order chi connectivity index (χ1) is 9.76. The van der Waals surface area contributed by atoms with Crippen LogP contribution in [0.5, 0.6) is 5.75 Å². The molecule has 0 saturated heterocycles. The second-order valence-electron chi connectivity index (χ2n) is 4.39. The van der Waals surface area contributed by atoms with Crippen molar-refractivity contribution in [2.24, 2.45) is 0 Å². The van der Waals surface area contributed by atoms with Crippen molar-refractivity contribution in [1.29, 1.82) is 0 Å². The Hall–Kier alpha value is -2.69. The Balaban J connectivity index is 1.91. The average molecular weight is 266 g/mol. The first-order valence-corrected chi connectivity index (χ1v) is 6.25. The summed E-state index contributed by atoms with van der Waals surface area (Å²) in [7, 11) is 1.65. The smallest absolute Gasteiger partial charge is 0.140 e. The van der Waals surface area contributed by atoms with E-state index in [2.05, 4.69) is 19.9 Å². The Bertz CT molecular complexity index is 701. The van der Waals surface area contributed by atoms with Gasteiger partial charge in [-0.25, -0.2) is 15.0 Å². The van der Waals surface area contributed by atoms with Crippen LogP contribution in [0.15, 0.2) is 42.9 Å². The number of aryl methyl sites for hydroxylation is 1. The zero-order valence-corrected chi connectivity index (χ0v) is 11.3. The largest absolute Gasteiger partial charge is 0.497 e. The van der Waals surface area contributed by atoms with Gasteiger partial charge in [0.1, 0.15) is 17.4 Å². The van der Waals surface area contributed by atoms with Gasteiger partial charge in [-0.05, 0) is 36.8 Å². The quantitative estimate of drug-likeness (QED) is 0.791. The van der Waals surface area contributed by atoms with Crippen LogP contribution in [-0.4, -0.2) is 27.0 Å². The van der Waals surface area contributed by atoms with Gasteiger partial charge in [0, 0.05) is 12.4 Å². The fourth-order valence-electron chi connectivity index (χ4n) is 1.90. The first-order valence-electron chi connectivity index (χ1n) is 6.25. The number of H-pyrrole nitrogens is 1. The molecule has 5 nitrogen and oxygen atoms in total. The highest BCUT2D eigenvalue weighted by molar-refractivity contribution is 5.64. The Kier molecular flexibility index (Phi) is 3.16. The number of ether oxygens (including phenoxy) is 1. The van der Waals surface area contributed by atoms with Gasteiger partial charge in [-0.3, -0.25) is 0 Å². The zero-order chi connectivity index (χ0) is 13.9. The lowest BCUT2D eigenvalue weighted by Gasteiger charge is -2.01. The summed E-state index contributed by atoms with van der Waals surface area (Å²) in [5.41, 5.74) is 2.87. The van der Waals surface area contributed by atoms with Crippen LogP contribution in [0.1, 0.15) is 5.82 Å². The number of nitrogens with one attached hydrogen (secondary N) is 1. The molecule has 0 aliphatic rings. The van der Waals surface area contributed by atoms with Crippen molar-refractivity contribution in [2.75, 3.05) is 7.11 Å². The van der Waals surface area contributed by atoms with Crippen LogP contribution in [0.2, 0.25) is 0 Å². The molecule has 100 valence electrons. The van der Waals surface area contributed by atoms with E-state index in [9.17, 15) is 0 Å². The highest BCUT2D eigenvalue weighted by atomic mass is 16.5. The minimum absolute atomic E-state index is 0.746. The van der Waals surface area contributed by atoms with Crippen molar-refractivity contribution in [3.05, 3.63) is 48.7 Å². The highest BCUT2D eigenvalue weighted by Crippen LogP contribution is 2.23. The summed E-state index contributed by atoms with van der Waals surface area (Å²) in [6, 6.07) is 7.82. The second kappa shape index (κ2) is 5.13. The molecule has 5 heteroatoms. The topological polar surface area (TPSA) is 63.7 Å². The fraction of sp³-hybridized carbons (Fsp3) is 0.133. The molecule has 3 aromatic rings. The normalized spacial score (nSPS) is 10.5. The van der Waals surface area contributed by atoms with Gasteiger partial charge < -0.3 is 9.72 Å². The van der Waals surface area contributed by atoms with Crippen LogP contribution < -0.4 is 4.74 Å². The molecule has 0 saturated carbocycles. The first kappa shape index (κ1) is 12.3. The fourth-order valence-corrected chi connectivity index (χ4v) is 1.90. The van der Waals surface area contributed by atoms with Gasteiger partial charge in [-0.1, -0.05) is 0 Å². The van der Waals surface area contributed by atoms with Gasteiger partial charge in [0.15, 0.2) is 0 Å². The maximum absolute atomic E-state index is 5.15. The van der Waals surface area contributed by atoms with Gasteiger partial charge in [-0.15, -0.1) is 0 Å². The van der Waals surface area contributed by atoms with Crippen LogP contribution in [0, 0.1) is 6.92 Å². The molecule has 1 N–H and O–H groups in total. The monoisotopic (exact) mass is 266 g/mol. The van der Waals surface area contributed by atoms with E-state index < -0.39 is 0 Å². The molecule has 0 amide bonds. The van der Waals surface area contributed by atoms with Crippen molar-refractivity contribution in [2.45, 2.75) is 6.92 Å². The number of hydrogen-bond acceptors (Lipinski definition) is 4. The molecule has 0 aliphatic carbocycles. The minimum Gasteiger partial charge on any atom is -0.497 e. The van der Waals surface area contributed by atoms with Crippen LogP contribution in [0.4, 0.5) is 0 Å². The Morgan fingerprint density at radius 2 is 1.60 bits per heavy atom. The van der Waals surface area contributed by atoms with Gasteiger partial charge in [0.2, 0.25) is 0 Å². The van der Waals surface area contributed by atoms with Crippen molar-refractivity contribution in [3.8, 4) is 28.4 Å². The number of imidazole rings is 1. The zero-order valence-electron chi connectivity index (χ0n) is 11.3. The Morgan fingerprint density at radius 3 is 2.25 bits per heavy atom. The van der Waals surface area contributed by atoms with Crippen molar-refractivity contribution >= 4 is 0 Å². The Morgan fingerprint density at radius 1 is 0.900 bits per heavy atom. The third-order valence-electron chi connectivity index (χ3n) is 3.03. The van der Waals surface area contributed by atoms with Crippen LogP contribution in [-0.2, 0) is 0 Å². The van der Waals surface area contributed by atoms with E-state index in [4.69, 9.17) is 4.74 Å². The molecule has 20 heavy (non-hydrogen) atoms. The minimum atomic E-state index is 0.746. The summed E-state index contributed by atoms with van der Waals surface area (Å²) >= 11 is 0.